The first kappa shape index (κ1) is 15.9. The van der Waals surface area contributed by atoms with Gasteiger partial charge >= 0.3 is 0 Å². The largest absolute Gasteiger partial charge is 0.467 e. The van der Waals surface area contributed by atoms with Crippen molar-refractivity contribution < 1.29 is 9.21 Å². The van der Waals surface area contributed by atoms with Crippen molar-refractivity contribution in [3.63, 3.8) is 0 Å². The molecule has 7 nitrogen and oxygen atoms in total. The second-order valence-electron chi connectivity index (χ2n) is 5.79. The van der Waals surface area contributed by atoms with Crippen molar-refractivity contribution in [2.24, 2.45) is 0 Å². The Hall–Kier alpha value is -2.61. The highest BCUT2D eigenvalue weighted by atomic mass is 32.2. The van der Waals surface area contributed by atoms with Gasteiger partial charge in [-0.15, -0.1) is 10.2 Å². The second kappa shape index (κ2) is 7.10. The van der Waals surface area contributed by atoms with Crippen LogP contribution < -0.4 is 5.32 Å². The number of hydrogen-bond donors (Lipinski definition) is 1. The Labute approximate surface area is 148 Å². The van der Waals surface area contributed by atoms with E-state index in [-0.39, 0.29) is 5.91 Å². The molecule has 0 spiro atoms. The highest BCUT2D eigenvalue weighted by Crippen LogP contribution is 2.40. The number of rotatable bonds is 7. The molecule has 3 aromatic heterocycles. The fraction of sp³-hybridized carbons (Fsp3) is 0.294. The molecule has 0 radical (unpaired) electrons. The van der Waals surface area contributed by atoms with E-state index in [1.54, 1.807) is 24.7 Å². The summed E-state index contributed by atoms with van der Waals surface area (Å²) in [6.45, 7) is 0.392. The molecule has 0 aliphatic heterocycles. The van der Waals surface area contributed by atoms with Crippen LogP contribution in [0.2, 0.25) is 0 Å². The van der Waals surface area contributed by atoms with Crippen LogP contribution in [0, 0.1) is 0 Å². The van der Waals surface area contributed by atoms with Crippen molar-refractivity contribution in [3.05, 3.63) is 48.7 Å². The fourth-order valence-corrected chi connectivity index (χ4v) is 3.34. The zero-order chi connectivity index (χ0) is 17.1. The molecule has 0 saturated heterocycles. The number of furan rings is 1. The van der Waals surface area contributed by atoms with E-state index in [1.807, 2.05) is 18.2 Å². The number of aromatic nitrogens is 4. The Balaban J connectivity index is 1.42. The summed E-state index contributed by atoms with van der Waals surface area (Å²) in [7, 11) is 0. The van der Waals surface area contributed by atoms with Gasteiger partial charge in [0, 0.05) is 24.0 Å². The molecule has 1 N–H and O–H groups in total. The zero-order valence-corrected chi connectivity index (χ0v) is 14.3. The highest BCUT2D eigenvalue weighted by molar-refractivity contribution is 7.99. The lowest BCUT2D eigenvalue weighted by Crippen LogP contribution is -2.24. The van der Waals surface area contributed by atoms with E-state index in [1.165, 1.54) is 11.8 Å². The molecule has 128 valence electrons. The van der Waals surface area contributed by atoms with Crippen molar-refractivity contribution in [3.8, 4) is 11.4 Å². The van der Waals surface area contributed by atoms with Crippen molar-refractivity contribution >= 4 is 17.7 Å². The standard InChI is InChI=1S/C17H17N5O2S/c23-15(19-10-14-4-2-8-24-14)11-25-17-21-20-16(22(17)13-5-6-13)12-3-1-7-18-9-12/h1-4,7-9,13H,5-6,10-11H2,(H,19,23). The topological polar surface area (TPSA) is 85.8 Å². The van der Waals surface area contributed by atoms with Crippen LogP contribution in [0.3, 0.4) is 0 Å². The van der Waals surface area contributed by atoms with E-state index < -0.39 is 0 Å². The second-order valence-corrected chi connectivity index (χ2v) is 6.74. The van der Waals surface area contributed by atoms with Gasteiger partial charge < -0.3 is 9.73 Å². The lowest BCUT2D eigenvalue weighted by Gasteiger charge is -2.08. The summed E-state index contributed by atoms with van der Waals surface area (Å²) in [4.78, 5) is 16.2. The maximum Gasteiger partial charge on any atom is 0.230 e. The van der Waals surface area contributed by atoms with Gasteiger partial charge in [0.25, 0.3) is 0 Å². The summed E-state index contributed by atoms with van der Waals surface area (Å²) < 4.78 is 7.33. The number of carbonyl (C=O) groups is 1. The number of nitrogens with zero attached hydrogens (tertiary/aromatic N) is 4. The molecule has 8 heteroatoms. The van der Waals surface area contributed by atoms with E-state index in [9.17, 15) is 4.79 Å². The molecule has 1 fully saturated rings. The number of amides is 1. The van der Waals surface area contributed by atoms with Crippen LogP contribution in [-0.2, 0) is 11.3 Å². The SMILES string of the molecule is O=C(CSc1nnc(-c2cccnc2)n1C1CC1)NCc1ccco1. The van der Waals surface area contributed by atoms with Gasteiger partial charge in [-0.1, -0.05) is 11.8 Å². The molecule has 0 unspecified atom stereocenters. The maximum atomic E-state index is 12.0. The third-order valence-electron chi connectivity index (χ3n) is 3.87. The van der Waals surface area contributed by atoms with E-state index in [2.05, 4.69) is 25.1 Å². The van der Waals surface area contributed by atoms with E-state index in [4.69, 9.17) is 4.42 Å². The summed E-state index contributed by atoms with van der Waals surface area (Å²) in [5, 5.41) is 12.2. The lowest BCUT2D eigenvalue weighted by molar-refractivity contribution is -0.118. The first-order valence-corrected chi connectivity index (χ1v) is 9.07. The van der Waals surface area contributed by atoms with Gasteiger partial charge in [0.1, 0.15) is 5.76 Å². The van der Waals surface area contributed by atoms with Gasteiger partial charge in [0.2, 0.25) is 5.91 Å². The van der Waals surface area contributed by atoms with Crippen LogP contribution in [0.5, 0.6) is 0 Å². The summed E-state index contributed by atoms with van der Waals surface area (Å²) in [6, 6.07) is 7.90. The Morgan fingerprint density at radius 2 is 2.24 bits per heavy atom. The smallest absolute Gasteiger partial charge is 0.230 e. The molecule has 0 bridgehead atoms. The minimum Gasteiger partial charge on any atom is -0.467 e. The van der Waals surface area contributed by atoms with Crippen LogP contribution in [0.15, 0.2) is 52.5 Å². The summed E-state index contributed by atoms with van der Waals surface area (Å²) >= 11 is 1.40. The zero-order valence-electron chi connectivity index (χ0n) is 13.5. The minimum absolute atomic E-state index is 0.0605. The molecular weight excluding hydrogens is 338 g/mol. The van der Waals surface area contributed by atoms with Gasteiger partial charge in [0.05, 0.1) is 18.6 Å². The van der Waals surface area contributed by atoms with Gasteiger partial charge in [-0.3, -0.25) is 14.3 Å². The number of pyridine rings is 1. The average molecular weight is 355 g/mol. The monoisotopic (exact) mass is 355 g/mol. The summed E-state index contributed by atoms with van der Waals surface area (Å²) in [5.41, 5.74) is 0.941. The molecule has 0 aromatic carbocycles. The Bertz CT molecular complexity index is 843. The van der Waals surface area contributed by atoms with Crippen LogP contribution >= 0.6 is 11.8 Å². The van der Waals surface area contributed by atoms with Crippen LogP contribution in [-0.4, -0.2) is 31.4 Å². The molecule has 25 heavy (non-hydrogen) atoms. The highest BCUT2D eigenvalue weighted by Gasteiger charge is 2.30. The first-order valence-electron chi connectivity index (χ1n) is 8.08. The van der Waals surface area contributed by atoms with E-state index in [0.717, 1.165) is 35.1 Å². The molecule has 4 rings (SSSR count). The molecule has 1 aliphatic rings. The fourth-order valence-electron chi connectivity index (χ4n) is 2.51. The minimum atomic E-state index is -0.0605. The normalized spacial score (nSPS) is 13.8. The maximum absolute atomic E-state index is 12.0. The third kappa shape index (κ3) is 3.74. The quantitative estimate of drug-likeness (QED) is 0.656. The van der Waals surface area contributed by atoms with Gasteiger partial charge in [-0.25, -0.2) is 0 Å². The summed E-state index contributed by atoms with van der Waals surface area (Å²) in [6.07, 6.45) is 7.34. The van der Waals surface area contributed by atoms with Gasteiger partial charge in [-0.2, -0.15) is 0 Å². The van der Waals surface area contributed by atoms with E-state index in [0.29, 0.717) is 18.3 Å². The average Bonchev–Trinajstić information content (AvgIpc) is 3.18. The molecule has 1 saturated carbocycles. The predicted octanol–water partition coefficient (Wildman–Crippen LogP) is 2.68. The number of carbonyl (C=O) groups excluding carboxylic acids is 1. The Morgan fingerprint density at radius 1 is 1.32 bits per heavy atom. The van der Waals surface area contributed by atoms with Crippen molar-refractivity contribution in [2.45, 2.75) is 30.6 Å². The van der Waals surface area contributed by atoms with Crippen molar-refractivity contribution in [1.29, 1.82) is 0 Å². The van der Waals surface area contributed by atoms with Gasteiger partial charge in [0.15, 0.2) is 11.0 Å². The molecule has 1 aliphatic carbocycles. The van der Waals surface area contributed by atoms with Crippen LogP contribution in [0.25, 0.3) is 11.4 Å². The Morgan fingerprint density at radius 3 is 2.96 bits per heavy atom. The van der Waals surface area contributed by atoms with Crippen molar-refractivity contribution in [2.75, 3.05) is 5.75 Å². The van der Waals surface area contributed by atoms with Gasteiger partial charge in [-0.05, 0) is 37.1 Å². The number of nitrogens with one attached hydrogen (secondary N) is 1. The number of hydrogen-bond acceptors (Lipinski definition) is 6. The summed E-state index contributed by atoms with van der Waals surface area (Å²) in [5.74, 6) is 1.78. The molecular formula is C17H17N5O2S. The molecule has 0 atom stereocenters. The lowest BCUT2D eigenvalue weighted by atomic mass is 10.3. The molecule has 3 aromatic rings. The Kier molecular flexibility index (Phi) is 4.51. The van der Waals surface area contributed by atoms with Crippen molar-refractivity contribution in [1.82, 2.24) is 25.1 Å². The van der Waals surface area contributed by atoms with E-state index >= 15 is 0 Å². The van der Waals surface area contributed by atoms with Crippen LogP contribution in [0.1, 0.15) is 24.6 Å². The third-order valence-corrected chi connectivity index (χ3v) is 4.81. The van der Waals surface area contributed by atoms with Crippen LogP contribution in [0.4, 0.5) is 0 Å². The predicted molar refractivity (Wildman–Crippen MR) is 92.8 cm³/mol. The molecule has 1 amide bonds. The first-order chi connectivity index (χ1) is 12.3. The molecule has 3 heterocycles. The number of thioether (sulfide) groups is 1.